The number of ether oxygens (including phenoxy) is 1. The Morgan fingerprint density at radius 3 is 2.37 bits per heavy atom. The van der Waals surface area contributed by atoms with E-state index in [0.717, 1.165) is 29.1 Å². The Morgan fingerprint density at radius 2 is 1.80 bits per heavy atom. The normalized spacial score (nSPS) is 16.8. The molecule has 0 unspecified atom stereocenters. The molecule has 1 heterocycles. The summed E-state index contributed by atoms with van der Waals surface area (Å²) in [5.74, 6) is -1.16. The SMILES string of the molecule is O=C(NS(=O)(=O)N1CCC1)c1cc(C2CC2)c(COc2cc(Cl)cc(Cl)c2)cc1F. The van der Waals surface area contributed by atoms with Gasteiger partial charge < -0.3 is 4.74 Å². The van der Waals surface area contributed by atoms with Crippen LogP contribution in [0.1, 0.15) is 46.7 Å². The number of benzene rings is 2. The van der Waals surface area contributed by atoms with Crippen LogP contribution in [0.15, 0.2) is 30.3 Å². The van der Waals surface area contributed by atoms with Crippen LogP contribution in [0, 0.1) is 5.82 Å². The first-order valence-corrected chi connectivity index (χ1v) is 11.7. The molecule has 1 saturated carbocycles. The van der Waals surface area contributed by atoms with Crippen molar-refractivity contribution in [3.05, 3.63) is 62.9 Å². The Kier molecular flexibility index (Phi) is 5.94. The predicted molar refractivity (Wildman–Crippen MR) is 112 cm³/mol. The molecule has 1 aliphatic heterocycles. The lowest BCUT2D eigenvalue weighted by Crippen LogP contribution is -2.49. The van der Waals surface area contributed by atoms with Gasteiger partial charge in [0.1, 0.15) is 18.2 Å². The first-order valence-electron chi connectivity index (χ1n) is 9.46. The van der Waals surface area contributed by atoms with Gasteiger partial charge in [-0.25, -0.2) is 9.11 Å². The molecule has 1 amide bonds. The Morgan fingerprint density at radius 1 is 1.13 bits per heavy atom. The van der Waals surface area contributed by atoms with Crippen LogP contribution in [0.5, 0.6) is 5.75 Å². The van der Waals surface area contributed by atoms with Crippen LogP contribution < -0.4 is 9.46 Å². The number of rotatable bonds is 7. The number of nitrogens with one attached hydrogen (secondary N) is 1. The number of carbonyl (C=O) groups excluding carboxylic acids is 1. The minimum Gasteiger partial charge on any atom is -0.489 e. The second kappa shape index (κ2) is 8.34. The molecule has 0 bridgehead atoms. The maximum absolute atomic E-state index is 14.7. The number of halogens is 3. The topological polar surface area (TPSA) is 75.7 Å². The van der Waals surface area contributed by atoms with Gasteiger partial charge in [0.25, 0.3) is 5.91 Å². The highest BCUT2D eigenvalue weighted by Crippen LogP contribution is 2.42. The quantitative estimate of drug-likeness (QED) is 0.652. The van der Waals surface area contributed by atoms with Gasteiger partial charge >= 0.3 is 10.2 Å². The van der Waals surface area contributed by atoms with Gasteiger partial charge in [-0.15, -0.1) is 0 Å². The molecule has 10 heteroatoms. The second-order valence-electron chi connectivity index (χ2n) is 7.39. The fourth-order valence-electron chi connectivity index (χ4n) is 3.24. The minimum absolute atomic E-state index is 0.0629. The zero-order valence-corrected chi connectivity index (χ0v) is 18.2. The van der Waals surface area contributed by atoms with Crippen molar-refractivity contribution in [2.45, 2.75) is 31.8 Å². The van der Waals surface area contributed by atoms with Crippen molar-refractivity contribution in [2.75, 3.05) is 13.1 Å². The molecule has 6 nitrogen and oxygen atoms in total. The molecule has 4 rings (SSSR count). The lowest BCUT2D eigenvalue weighted by molar-refractivity contribution is 0.0973. The average molecular weight is 473 g/mol. The van der Waals surface area contributed by atoms with E-state index in [0.29, 0.717) is 34.4 Å². The molecule has 1 N–H and O–H groups in total. The third-order valence-corrected chi connectivity index (χ3v) is 7.02. The van der Waals surface area contributed by atoms with Gasteiger partial charge in [-0.05, 0) is 66.6 Å². The van der Waals surface area contributed by atoms with Crippen LogP contribution in [0.4, 0.5) is 4.39 Å². The van der Waals surface area contributed by atoms with Crippen molar-refractivity contribution >= 4 is 39.3 Å². The maximum atomic E-state index is 14.7. The highest BCUT2D eigenvalue weighted by atomic mass is 35.5. The standard InChI is InChI=1S/C20H19Cl2FN2O4S/c21-14-7-15(22)9-16(8-14)29-11-13-6-19(23)18(10-17(13)12-2-3-12)20(26)24-30(27,28)25-4-1-5-25/h6-10,12H,1-5,11H2,(H,24,26). The smallest absolute Gasteiger partial charge is 0.304 e. The first-order chi connectivity index (χ1) is 14.2. The molecule has 2 aliphatic rings. The van der Waals surface area contributed by atoms with E-state index in [-0.39, 0.29) is 18.1 Å². The fourth-order valence-corrected chi connectivity index (χ4v) is 4.96. The summed E-state index contributed by atoms with van der Waals surface area (Å²) in [5, 5.41) is 0.836. The molecule has 1 saturated heterocycles. The molecule has 30 heavy (non-hydrogen) atoms. The Balaban J connectivity index is 1.55. The van der Waals surface area contributed by atoms with Crippen LogP contribution in [0.25, 0.3) is 0 Å². The molecule has 2 aromatic rings. The zero-order chi connectivity index (χ0) is 21.5. The van der Waals surface area contributed by atoms with Gasteiger partial charge in [-0.2, -0.15) is 12.7 Å². The average Bonchev–Trinajstić information content (AvgIpc) is 3.41. The molecule has 0 radical (unpaired) electrons. The Bertz CT molecular complexity index is 1080. The summed E-state index contributed by atoms with van der Waals surface area (Å²) in [5.41, 5.74) is 1.07. The summed E-state index contributed by atoms with van der Waals surface area (Å²) in [6, 6.07) is 7.43. The zero-order valence-electron chi connectivity index (χ0n) is 15.8. The Hall–Kier alpha value is -1.87. The van der Waals surface area contributed by atoms with Crippen LogP contribution >= 0.6 is 23.2 Å². The van der Waals surface area contributed by atoms with E-state index in [1.807, 2.05) is 4.72 Å². The van der Waals surface area contributed by atoms with Crippen LogP contribution in [0.2, 0.25) is 10.0 Å². The number of amides is 1. The van der Waals surface area contributed by atoms with E-state index >= 15 is 0 Å². The van der Waals surface area contributed by atoms with Crippen LogP contribution in [-0.2, 0) is 16.8 Å². The summed E-state index contributed by atoms with van der Waals surface area (Å²) in [7, 11) is -3.95. The first kappa shape index (κ1) is 21.4. The highest BCUT2D eigenvalue weighted by Gasteiger charge is 2.32. The molecule has 0 aromatic heterocycles. The molecule has 1 aliphatic carbocycles. The minimum atomic E-state index is -3.95. The summed E-state index contributed by atoms with van der Waals surface area (Å²) in [6.07, 6.45) is 2.56. The van der Waals surface area contributed by atoms with Gasteiger partial charge in [0.15, 0.2) is 0 Å². The number of nitrogens with zero attached hydrogens (tertiary/aromatic N) is 1. The molecule has 160 valence electrons. The van der Waals surface area contributed by atoms with E-state index in [1.54, 1.807) is 18.2 Å². The highest BCUT2D eigenvalue weighted by molar-refractivity contribution is 7.87. The second-order valence-corrected chi connectivity index (χ2v) is 9.93. The van der Waals surface area contributed by atoms with E-state index < -0.39 is 21.9 Å². The van der Waals surface area contributed by atoms with Gasteiger partial charge in [0.05, 0.1) is 5.56 Å². The van der Waals surface area contributed by atoms with E-state index in [4.69, 9.17) is 27.9 Å². The largest absolute Gasteiger partial charge is 0.489 e. The third-order valence-electron chi connectivity index (χ3n) is 5.10. The van der Waals surface area contributed by atoms with Crippen LogP contribution in [0.3, 0.4) is 0 Å². The summed E-state index contributed by atoms with van der Waals surface area (Å²) < 4.78 is 47.8. The molecule has 2 aromatic carbocycles. The lowest BCUT2D eigenvalue weighted by atomic mass is 9.99. The molecular formula is C20H19Cl2FN2O4S. The van der Waals surface area contributed by atoms with Crippen molar-refractivity contribution in [1.82, 2.24) is 9.03 Å². The van der Waals surface area contributed by atoms with E-state index in [1.165, 1.54) is 12.1 Å². The van der Waals surface area contributed by atoms with E-state index in [9.17, 15) is 17.6 Å². The van der Waals surface area contributed by atoms with Crippen molar-refractivity contribution < 1.29 is 22.3 Å². The summed E-state index contributed by atoms with van der Waals surface area (Å²) in [6.45, 7) is 0.762. The number of carbonyl (C=O) groups is 1. The third kappa shape index (κ3) is 4.72. The molecular weight excluding hydrogens is 454 g/mol. The summed E-state index contributed by atoms with van der Waals surface area (Å²) in [4.78, 5) is 12.5. The van der Waals surface area contributed by atoms with Gasteiger partial charge in [-0.3, -0.25) is 4.79 Å². The lowest BCUT2D eigenvalue weighted by Gasteiger charge is -2.29. The van der Waals surface area contributed by atoms with Crippen molar-refractivity contribution in [1.29, 1.82) is 0 Å². The van der Waals surface area contributed by atoms with Crippen molar-refractivity contribution in [2.24, 2.45) is 0 Å². The van der Waals surface area contributed by atoms with Crippen LogP contribution in [-0.4, -0.2) is 31.7 Å². The van der Waals surface area contributed by atoms with Gasteiger partial charge in [0.2, 0.25) is 0 Å². The molecule has 0 spiro atoms. The molecule has 0 atom stereocenters. The van der Waals surface area contributed by atoms with Gasteiger partial charge in [-0.1, -0.05) is 23.2 Å². The number of hydrogen-bond donors (Lipinski definition) is 1. The Labute approximate surface area is 184 Å². The van der Waals surface area contributed by atoms with E-state index in [2.05, 4.69) is 0 Å². The number of hydrogen-bond acceptors (Lipinski definition) is 4. The monoisotopic (exact) mass is 472 g/mol. The fraction of sp³-hybridized carbons (Fsp3) is 0.350. The van der Waals surface area contributed by atoms with Crippen molar-refractivity contribution in [3.8, 4) is 5.75 Å². The van der Waals surface area contributed by atoms with Gasteiger partial charge in [0, 0.05) is 23.1 Å². The maximum Gasteiger partial charge on any atom is 0.304 e. The van der Waals surface area contributed by atoms with Crippen molar-refractivity contribution in [3.63, 3.8) is 0 Å². The summed E-state index contributed by atoms with van der Waals surface area (Å²) >= 11 is 11.9. The predicted octanol–water partition coefficient (Wildman–Crippen LogP) is 4.27. The molecule has 2 fully saturated rings.